The van der Waals surface area contributed by atoms with Gasteiger partial charge >= 0.3 is 0 Å². The third kappa shape index (κ3) is 7.06. The number of nitrogens with zero attached hydrogens (tertiary/aromatic N) is 6. The summed E-state index contributed by atoms with van der Waals surface area (Å²) >= 11 is 3.45. The van der Waals surface area contributed by atoms with E-state index in [0.29, 0.717) is 0 Å². The fourth-order valence-corrected chi connectivity index (χ4v) is 10.1. The molecule has 2 N–H and O–H groups in total. The zero-order valence-corrected chi connectivity index (χ0v) is 32.7. The minimum atomic E-state index is -0.340. The molecular weight excluding hydrogens is 713 g/mol. The molecule has 0 unspecified atom stereocenters. The molecule has 0 radical (unpaired) electrons. The number of aromatic amines is 2. The lowest BCUT2D eigenvalue weighted by atomic mass is 10.0. The summed E-state index contributed by atoms with van der Waals surface area (Å²) in [5, 5.41) is 0. The molecule has 6 aromatic rings. The zero-order chi connectivity index (χ0) is 37.3. The van der Waals surface area contributed by atoms with Crippen molar-refractivity contribution in [2.75, 3.05) is 41.3 Å². The number of likely N-dealkylation sites (tertiary alicyclic amines) is 2. The molecule has 54 heavy (non-hydrogen) atoms. The van der Waals surface area contributed by atoms with Crippen molar-refractivity contribution in [1.29, 1.82) is 0 Å². The lowest BCUT2D eigenvalue weighted by molar-refractivity contribution is -0.138. The highest BCUT2D eigenvalue weighted by Gasteiger charge is 2.38. The van der Waals surface area contributed by atoms with E-state index in [1.165, 1.54) is 9.75 Å². The predicted octanol–water partition coefficient (Wildman–Crippen LogP) is 8.19. The largest absolute Gasteiger partial charge is 0.340 e. The Labute approximate surface area is 324 Å². The summed E-state index contributed by atoms with van der Waals surface area (Å²) in [4.78, 5) is 57.2. The summed E-state index contributed by atoms with van der Waals surface area (Å²) in [5.41, 5.74) is 3.92. The van der Waals surface area contributed by atoms with E-state index in [1.54, 1.807) is 22.7 Å². The number of carbonyl (C=O) groups is 2. The van der Waals surface area contributed by atoms with Crippen molar-refractivity contribution in [3.8, 4) is 30.9 Å². The summed E-state index contributed by atoms with van der Waals surface area (Å²) < 4.78 is 0. The molecule has 0 spiro atoms. The number of hydrogen-bond donors (Lipinski definition) is 2. The van der Waals surface area contributed by atoms with Gasteiger partial charge in [-0.15, -0.1) is 22.7 Å². The van der Waals surface area contributed by atoms with Gasteiger partial charge in [-0.05, 0) is 89.3 Å². The first-order valence-electron chi connectivity index (χ1n) is 18.6. The van der Waals surface area contributed by atoms with Crippen LogP contribution in [0.4, 0.5) is 0 Å². The molecule has 12 heteroatoms. The Balaban J connectivity index is 0.955. The van der Waals surface area contributed by atoms with Gasteiger partial charge in [0.1, 0.15) is 23.7 Å². The maximum Gasteiger partial charge on any atom is 0.245 e. The molecule has 278 valence electrons. The molecule has 2 fully saturated rings. The maximum absolute atomic E-state index is 13.9. The molecule has 10 nitrogen and oxygen atoms in total. The molecule has 2 saturated heterocycles. The fraction of sp³-hybridized carbons (Fsp3) is 0.333. The van der Waals surface area contributed by atoms with Crippen molar-refractivity contribution in [2.24, 2.45) is 0 Å². The number of benzene rings is 2. The Morgan fingerprint density at radius 2 is 1.00 bits per heavy atom. The third-order valence-corrected chi connectivity index (χ3v) is 13.0. The first kappa shape index (κ1) is 36.1. The minimum Gasteiger partial charge on any atom is -0.340 e. The van der Waals surface area contributed by atoms with E-state index in [-0.39, 0.29) is 36.0 Å². The van der Waals surface area contributed by atoms with E-state index in [1.807, 2.05) is 121 Å². The second-order valence-electron chi connectivity index (χ2n) is 14.6. The second kappa shape index (κ2) is 15.5. The predicted molar refractivity (Wildman–Crippen MR) is 216 cm³/mol. The van der Waals surface area contributed by atoms with E-state index in [4.69, 9.17) is 9.97 Å². The Morgan fingerprint density at radius 3 is 1.39 bits per heavy atom. The molecule has 0 aliphatic carbocycles. The number of imidazole rings is 2. The Kier molecular flexibility index (Phi) is 10.3. The van der Waals surface area contributed by atoms with Crippen molar-refractivity contribution in [3.05, 3.63) is 120 Å². The Bertz CT molecular complexity index is 2050. The molecule has 0 saturated carbocycles. The van der Waals surface area contributed by atoms with Gasteiger partial charge < -0.3 is 19.8 Å². The van der Waals surface area contributed by atoms with Gasteiger partial charge in [0.05, 0.1) is 45.6 Å². The van der Waals surface area contributed by atoms with Gasteiger partial charge in [0.25, 0.3) is 0 Å². The SMILES string of the molecule is CN(C)[C@@H](C(=O)N1CCC[C@H]1c1ncc(-c2ccc(-c3ccc(-c4cnc([C@@H]5CCCN5C(=O)[C@@H](c5ccccc5)N(C)C)[nH]4)s3)s2)[nH]1)c1ccccc1. The van der Waals surface area contributed by atoms with Crippen LogP contribution in [0, 0.1) is 0 Å². The van der Waals surface area contributed by atoms with Crippen LogP contribution >= 0.6 is 22.7 Å². The Hall–Kier alpha value is -4.88. The molecule has 4 atom stereocenters. The highest BCUT2D eigenvalue weighted by molar-refractivity contribution is 7.25. The monoisotopic (exact) mass is 758 g/mol. The highest BCUT2D eigenvalue weighted by atomic mass is 32.1. The van der Waals surface area contributed by atoms with Crippen LogP contribution in [0.2, 0.25) is 0 Å². The van der Waals surface area contributed by atoms with Crippen LogP contribution < -0.4 is 0 Å². The summed E-state index contributed by atoms with van der Waals surface area (Å²) in [6.45, 7) is 1.45. The van der Waals surface area contributed by atoms with Gasteiger partial charge in [-0.1, -0.05) is 60.7 Å². The third-order valence-electron chi connectivity index (χ3n) is 10.6. The lowest BCUT2D eigenvalue weighted by Crippen LogP contribution is -2.40. The quantitative estimate of drug-likeness (QED) is 0.138. The summed E-state index contributed by atoms with van der Waals surface area (Å²) in [7, 11) is 7.85. The van der Waals surface area contributed by atoms with E-state index in [0.717, 1.165) is 82.7 Å². The fourth-order valence-electron chi connectivity index (χ4n) is 8.03. The topological polar surface area (TPSA) is 104 Å². The first-order valence-corrected chi connectivity index (χ1v) is 20.2. The van der Waals surface area contributed by atoms with Gasteiger partial charge in [0, 0.05) is 22.8 Å². The molecule has 6 heterocycles. The number of carbonyl (C=O) groups excluding carboxylic acids is 2. The number of nitrogens with one attached hydrogen (secondary N) is 2. The molecule has 2 amide bonds. The second-order valence-corrected chi connectivity index (χ2v) is 16.8. The number of amides is 2. The standard InChI is InChI=1S/C42H46N8O2S2/c1-47(2)37(27-13-7-5-8-14-27)41(51)49-23-11-17-31(49)39-43-25-29(45-39)33-19-21-35(53-33)36-22-20-34(54-36)30-26-44-40(46-30)32-18-12-24-50(32)42(52)38(48(3)4)28-15-9-6-10-16-28/h5-10,13-16,19-22,25-26,31-32,37-38H,11-12,17-18,23-24H2,1-4H3,(H,43,45)(H,44,46)/t31-,32-,37+,38+/m0/s1. The van der Waals surface area contributed by atoms with Gasteiger partial charge in [-0.25, -0.2) is 9.97 Å². The number of likely N-dealkylation sites (N-methyl/N-ethyl adjacent to an activating group) is 2. The van der Waals surface area contributed by atoms with Crippen LogP contribution in [0.25, 0.3) is 30.9 Å². The number of thiophene rings is 2. The minimum absolute atomic E-state index is 0.0799. The maximum atomic E-state index is 13.9. The van der Waals surface area contributed by atoms with Gasteiger partial charge in [0.15, 0.2) is 0 Å². The smallest absolute Gasteiger partial charge is 0.245 e. The number of hydrogen-bond acceptors (Lipinski definition) is 8. The van der Waals surface area contributed by atoms with Crippen LogP contribution in [-0.4, -0.2) is 92.6 Å². The van der Waals surface area contributed by atoms with Crippen LogP contribution in [0.3, 0.4) is 0 Å². The van der Waals surface area contributed by atoms with Crippen molar-refractivity contribution in [2.45, 2.75) is 49.9 Å². The normalized spacial score (nSPS) is 18.6. The van der Waals surface area contributed by atoms with Crippen molar-refractivity contribution < 1.29 is 9.59 Å². The van der Waals surface area contributed by atoms with E-state index in [9.17, 15) is 9.59 Å². The van der Waals surface area contributed by atoms with E-state index in [2.05, 4.69) is 34.2 Å². The van der Waals surface area contributed by atoms with E-state index < -0.39 is 0 Å². The number of H-pyrrole nitrogens is 2. The summed E-state index contributed by atoms with van der Waals surface area (Å²) in [6.07, 6.45) is 7.47. The average molecular weight is 759 g/mol. The van der Waals surface area contributed by atoms with Gasteiger partial charge in [0.2, 0.25) is 11.8 Å². The molecule has 8 rings (SSSR count). The van der Waals surface area contributed by atoms with E-state index >= 15 is 0 Å². The molecule has 2 aliphatic rings. The molecule has 4 aromatic heterocycles. The summed E-state index contributed by atoms with van der Waals surface area (Å²) in [5.74, 6) is 1.89. The van der Waals surface area contributed by atoms with Crippen molar-refractivity contribution >= 4 is 34.5 Å². The number of aromatic nitrogens is 4. The molecule has 2 aromatic carbocycles. The van der Waals surface area contributed by atoms with Crippen LogP contribution in [0.5, 0.6) is 0 Å². The molecule has 0 bridgehead atoms. The molecular formula is C42H46N8O2S2. The van der Waals surface area contributed by atoms with Gasteiger partial charge in [-0.3, -0.25) is 19.4 Å². The van der Waals surface area contributed by atoms with Crippen molar-refractivity contribution in [1.82, 2.24) is 39.5 Å². The number of rotatable bonds is 11. The lowest BCUT2D eigenvalue weighted by Gasteiger charge is -2.31. The average Bonchev–Trinajstić information content (AvgIpc) is 4.02. The van der Waals surface area contributed by atoms with Crippen molar-refractivity contribution in [3.63, 3.8) is 0 Å². The van der Waals surface area contributed by atoms with Crippen LogP contribution in [-0.2, 0) is 9.59 Å². The first-order chi connectivity index (χ1) is 26.3. The zero-order valence-electron chi connectivity index (χ0n) is 31.1. The van der Waals surface area contributed by atoms with Crippen LogP contribution in [0.15, 0.2) is 97.3 Å². The Morgan fingerprint density at radius 1 is 0.611 bits per heavy atom. The molecule has 2 aliphatic heterocycles. The highest BCUT2D eigenvalue weighted by Crippen LogP contribution is 2.42. The summed E-state index contributed by atoms with van der Waals surface area (Å²) in [6, 6.07) is 27.8. The van der Waals surface area contributed by atoms with Gasteiger partial charge in [-0.2, -0.15) is 0 Å². The van der Waals surface area contributed by atoms with Crippen LogP contribution in [0.1, 0.15) is 72.6 Å².